The third-order valence-electron chi connectivity index (χ3n) is 5.12. The summed E-state index contributed by atoms with van der Waals surface area (Å²) < 4.78 is 32.5. The van der Waals surface area contributed by atoms with Gasteiger partial charge in [0.15, 0.2) is 11.5 Å². The van der Waals surface area contributed by atoms with Gasteiger partial charge in [0.2, 0.25) is 10.0 Å². The minimum Gasteiger partial charge on any atom is -0.361 e. The summed E-state index contributed by atoms with van der Waals surface area (Å²) in [6, 6.07) is 2.26. The van der Waals surface area contributed by atoms with Crippen molar-refractivity contribution in [2.75, 3.05) is 31.3 Å². The fourth-order valence-electron chi connectivity index (χ4n) is 3.37. The zero-order valence-electron chi connectivity index (χ0n) is 18.6. The summed E-state index contributed by atoms with van der Waals surface area (Å²) in [5, 5.41) is 5.51. The SMILES string of the molecule is C[Si](C)(C)CCOCn1ccc2nc(NC(=O)N[C@@H]3CCCN(S(C)(=O)=O)C3)cnc21. The van der Waals surface area contributed by atoms with E-state index in [0.29, 0.717) is 36.7 Å². The molecule has 1 aliphatic heterocycles. The second kappa shape index (κ2) is 9.63. The lowest BCUT2D eigenvalue weighted by atomic mass is 10.1. The quantitative estimate of drug-likeness (QED) is 0.453. The van der Waals surface area contributed by atoms with Crippen molar-refractivity contribution in [3.63, 3.8) is 0 Å². The summed E-state index contributed by atoms with van der Waals surface area (Å²) in [5.74, 6) is 0.332. The molecule has 31 heavy (non-hydrogen) atoms. The van der Waals surface area contributed by atoms with Crippen molar-refractivity contribution in [3.05, 3.63) is 18.5 Å². The summed E-state index contributed by atoms with van der Waals surface area (Å²) in [6.07, 6.45) is 5.99. The van der Waals surface area contributed by atoms with Crippen molar-refractivity contribution < 1.29 is 17.9 Å². The third-order valence-corrected chi connectivity index (χ3v) is 8.09. The molecule has 1 saturated heterocycles. The van der Waals surface area contributed by atoms with Crippen molar-refractivity contribution in [3.8, 4) is 0 Å². The van der Waals surface area contributed by atoms with Crippen molar-refractivity contribution >= 4 is 41.1 Å². The fraction of sp³-hybridized carbons (Fsp3) is 0.632. The average molecular weight is 469 g/mol. The number of rotatable bonds is 8. The van der Waals surface area contributed by atoms with Crippen LogP contribution < -0.4 is 10.6 Å². The molecule has 0 saturated carbocycles. The second-order valence-electron chi connectivity index (χ2n) is 9.16. The standard InChI is InChI=1S/C19H32N6O4SSi/c1-30(27,28)25-8-5-6-15(13-25)21-19(26)23-17-12-20-18-16(22-17)7-9-24(18)14-29-10-11-31(2,3)4/h7,9,12,15H,5-6,8,10-11,13-14H2,1-4H3,(H2,21,22,23,26)/t15-/m1/s1. The molecule has 1 fully saturated rings. The lowest BCUT2D eigenvalue weighted by molar-refractivity contribution is 0.0899. The maximum Gasteiger partial charge on any atom is 0.320 e. The number of nitrogens with one attached hydrogen (secondary N) is 2. The first-order chi connectivity index (χ1) is 14.5. The van der Waals surface area contributed by atoms with Gasteiger partial charge in [-0.25, -0.2) is 27.5 Å². The summed E-state index contributed by atoms with van der Waals surface area (Å²) in [6.45, 7) is 8.83. The molecule has 12 heteroatoms. The number of sulfonamides is 1. The van der Waals surface area contributed by atoms with Crippen LogP contribution >= 0.6 is 0 Å². The maximum atomic E-state index is 12.4. The molecular weight excluding hydrogens is 436 g/mol. The number of urea groups is 1. The number of hydrogen-bond donors (Lipinski definition) is 2. The van der Waals surface area contributed by atoms with Crippen LogP contribution in [0.4, 0.5) is 10.6 Å². The highest BCUT2D eigenvalue weighted by atomic mass is 32.2. The Morgan fingerprint density at radius 2 is 2.13 bits per heavy atom. The highest BCUT2D eigenvalue weighted by Gasteiger charge is 2.26. The van der Waals surface area contributed by atoms with Gasteiger partial charge in [-0.15, -0.1) is 0 Å². The number of amides is 2. The van der Waals surface area contributed by atoms with Crippen LogP contribution in [0.1, 0.15) is 12.8 Å². The van der Waals surface area contributed by atoms with Crippen LogP contribution in [-0.4, -0.2) is 73.4 Å². The Labute approximate surface area is 184 Å². The van der Waals surface area contributed by atoms with Crippen LogP contribution in [0.25, 0.3) is 11.2 Å². The molecule has 0 radical (unpaired) electrons. The minimum absolute atomic E-state index is 0.241. The number of aromatic nitrogens is 3. The Bertz CT molecular complexity index is 1020. The molecule has 10 nitrogen and oxygen atoms in total. The number of hydrogen-bond acceptors (Lipinski definition) is 6. The average Bonchev–Trinajstić information content (AvgIpc) is 3.06. The molecule has 0 spiro atoms. The van der Waals surface area contributed by atoms with Gasteiger partial charge in [0.05, 0.1) is 12.5 Å². The van der Waals surface area contributed by atoms with Gasteiger partial charge < -0.3 is 14.6 Å². The van der Waals surface area contributed by atoms with E-state index < -0.39 is 24.1 Å². The zero-order chi connectivity index (χ0) is 22.6. The largest absolute Gasteiger partial charge is 0.361 e. The molecule has 0 bridgehead atoms. The molecular formula is C19H32N6O4SSi. The fourth-order valence-corrected chi connectivity index (χ4v) is 5.03. The van der Waals surface area contributed by atoms with E-state index in [1.165, 1.54) is 16.8 Å². The highest BCUT2D eigenvalue weighted by Crippen LogP contribution is 2.16. The monoisotopic (exact) mass is 468 g/mol. The zero-order valence-corrected chi connectivity index (χ0v) is 20.4. The van der Waals surface area contributed by atoms with E-state index in [1.54, 1.807) is 0 Å². The lowest BCUT2D eigenvalue weighted by Crippen LogP contribution is -2.50. The Hall–Kier alpha value is -2.02. The number of carbonyl (C=O) groups excluding carboxylic acids is 1. The normalized spacial score (nSPS) is 18.3. The van der Waals surface area contributed by atoms with E-state index in [9.17, 15) is 13.2 Å². The van der Waals surface area contributed by atoms with Crippen LogP contribution in [-0.2, 0) is 21.5 Å². The van der Waals surface area contributed by atoms with Gasteiger partial charge in [-0.2, -0.15) is 0 Å². The van der Waals surface area contributed by atoms with Crippen molar-refractivity contribution in [2.45, 2.75) is 51.3 Å². The molecule has 1 atom stereocenters. The number of carbonyl (C=O) groups is 1. The Kier molecular flexibility index (Phi) is 7.34. The van der Waals surface area contributed by atoms with Crippen LogP contribution in [0.5, 0.6) is 0 Å². The molecule has 2 amide bonds. The van der Waals surface area contributed by atoms with Gasteiger partial charge in [-0.1, -0.05) is 19.6 Å². The molecule has 1 aliphatic rings. The predicted octanol–water partition coefficient (Wildman–Crippen LogP) is 2.29. The number of nitrogens with zero attached hydrogens (tertiary/aromatic N) is 4. The van der Waals surface area contributed by atoms with E-state index in [2.05, 4.69) is 40.2 Å². The van der Waals surface area contributed by atoms with Gasteiger partial charge in [0.1, 0.15) is 12.2 Å². The first kappa shape index (κ1) is 23.6. The van der Waals surface area contributed by atoms with Gasteiger partial charge in [-0.3, -0.25) is 5.32 Å². The Morgan fingerprint density at radius 1 is 1.35 bits per heavy atom. The van der Waals surface area contributed by atoms with Gasteiger partial charge in [0, 0.05) is 40.0 Å². The maximum absolute atomic E-state index is 12.4. The van der Waals surface area contributed by atoms with Crippen molar-refractivity contribution in [2.24, 2.45) is 0 Å². The van der Waals surface area contributed by atoms with E-state index in [4.69, 9.17) is 4.74 Å². The first-order valence-corrected chi connectivity index (χ1v) is 16.0. The number of piperidine rings is 1. The van der Waals surface area contributed by atoms with E-state index >= 15 is 0 Å². The molecule has 172 valence electrons. The smallest absolute Gasteiger partial charge is 0.320 e. The predicted molar refractivity (Wildman–Crippen MR) is 123 cm³/mol. The molecule has 0 aliphatic carbocycles. The van der Waals surface area contributed by atoms with Gasteiger partial charge in [0.25, 0.3) is 0 Å². The second-order valence-corrected chi connectivity index (χ2v) is 16.8. The topological polar surface area (TPSA) is 118 Å². The molecule has 2 aromatic heterocycles. The first-order valence-electron chi connectivity index (χ1n) is 10.4. The Balaban J connectivity index is 1.54. The third kappa shape index (κ3) is 6.99. The highest BCUT2D eigenvalue weighted by molar-refractivity contribution is 7.88. The van der Waals surface area contributed by atoms with E-state index in [1.807, 2.05) is 16.8 Å². The number of fused-ring (bicyclic) bond motifs is 1. The summed E-state index contributed by atoms with van der Waals surface area (Å²) >= 11 is 0. The number of ether oxygens (including phenoxy) is 1. The molecule has 2 aromatic rings. The summed E-state index contributed by atoms with van der Waals surface area (Å²) in [5.41, 5.74) is 1.35. The van der Waals surface area contributed by atoms with E-state index in [-0.39, 0.29) is 12.6 Å². The van der Waals surface area contributed by atoms with Crippen LogP contribution in [0.15, 0.2) is 18.5 Å². The molecule has 0 unspecified atom stereocenters. The molecule has 2 N–H and O–H groups in total. The Morgan fingerprint density at radius 3 is 2.84 bits per heavy atom. The van der Waals surface area contributed by atoms with Crippen LogP contribution in [0.2, 0.25) is 25.7 Å². The van der Waals surface area contributed by atoms with E-state index in [0.717, 1.165) is 19.1 Å². The minimum atomic E-state index is -3.26. The molecule has 3 rings (SSSR count). The number of anilines is 1. The van der Waals surface area contributed by atoms with Crippen molar-refractivity contribution in [1.82, 2.24) is 24.2 Å². The molecule has 0 aromatic carbocycles. The molecule has 3 heterocycles. The van der Waals surface area contributed by atoms with Crippen LogP contribution in [0, 0.1) is 0 Å². The van der Waals surface area contributed by atoms with Gasteiger partial charge in [-0.05, 0) is 25.0 Å². The lowest BCUT2D eigenvalue weighted by Gasteiger charge is -2.31. The summed E-state index contributed by atoms with van der Waals surface area (Å²) in [4.78, 5) is 21.2. The van der Waals surface area contributed by atoms with Gasteiger partial charge >= 0.3 is 6.03 Å². The van der Waals surface area contributed by atoms with Crippen LogP contribution in [0.3, 0.4) is 0 Å². The summed E-state index contributed by atoms with van der Waals surface area (Å²) in [7, 11) is -4.39. The van der Waals surface area contributed by atoms with Crippen molar-refractivity contribution in [1.29, 1.82) is 0 Å².